The van der Waals surface area contributed by atoms with Gasteiger partial charge in [-0.1, -0.05) is 11.6 Å². The molecule has 1 aliphatic heterocycles. The number of aromatic nitrogens is 4. The molecule has 2 aromatic heterocycles. The van der Waals surface area contributed by atoms with E-state index < -0.39 is 12.1 Å². The zero-order valence-electron chi connectivity index (χ0n) is 19.8. The summed E-state index contributed by atoms with van der Waals surface area (Å²) >= 11 is 0. The molecule has 2 aliphatic rings. The van der Waals surface area contributed by atoms with Gasteiger partial charge in [0.2, 0.25) is 0 Å². The van der Waals surface area contributed by atoms with Crippen LogP contribution in [0.3, 0.4) is 0 Å². The van der Waals surface area contributed by atoms with Crippen molar-refractivity contribution in [2.45, 2.75) is 57.8 Å². The van der Waals surface area contributed by atoms with Gasteiger partial charge in [-0.3, -0.25) is 0 Å². The molecule has 0 radical (unpaired) electrons. The second kappa shape index (κ2) is 10.4. The third kappa shape index (κ3) is 5.46. The standard InChI is InChI=1S/C23H31N5O6/c1-14-19(34-16-9-10-32-20(11-16)22(29)30)8-7-17(24-14)21-18(28(3)26-25-21)13-33-23(31)27(2)12-15-5-4-6-15/h7-8,15-16,20H,4-6,9-13H2,1-3H3,(H,29,30)/t16-,20-/m1/s1. The molecule has 3 heterocycles. The molecule has 11 nitrogen and oxygen atoms in total. The van der Waals surface area contributed by atoms with E-state index in [1.807, 2.05) is 6.92 Å². The topological polar surface area (TPSA) is 129 Å². The lowest BCUT2D eigenvalue weighted by atomic mass is 9.85. The van der Waals surface area contributed by atoms with Gasteiger partial charge < -0.3 is 24.2 Å². The molecule has 11 heteroatoms. The summed E-state index contributed by atoms with van der Waals surface area (Å²) in [6, 6.07) is 3.56. The number of rotatable bonds is 8. The van der Waals surface area contributed by atoms with E-state index in [2.05, 4.69) is 15.3 Å². The van der Waals surface area contributed by atoms with Gasteiger partial charge in [-0.25, -0.2) is 19.3 Å². The van der Waals surface area contributed by atoms with Crippen molar-refractivity contribution in [3.05, 3.63) is 23.5 Å². The molecule has 0 unspecified atom stereocenters. The van der Waals surface area contributed by atoms with Gasteiger partial charge in [0.15, 0.2) is 6.10 Å². The number of hydrogen-bond acceptors (Lipinski definition) is 8. The largest absolute Gasteiger partial charge is 0.488 e. The number of carboxylic acid groups (broad SMARTS) is 1. The molecule has 1 amide bonds. The Labute approximate surface area is 198 Å². The lowest BCUT2D eigenvalue weighted by Crippen LogP contribution is -2.37. The van der Waals surface area contributed by atoms with Crippen LogP contribution in [-0.4, -0.2) is 74.5 Å². The van der Waals surface area contributed by atoms with Crippen molar-refractivity contribution in [1.29, 1.82) is 0 Å². The van der Waals surface area contributed by atoms with Crippen molar-refractivity contribution in [1.82, 2.24) is 24.9 Å². The van der Waals surface area contributed by atoms with E-state index in [9.17, 15) is 14.7 Å². The maximum atomic E-state index is 12.4. The van der Waals surface area contributed by atoms with Crippen molar-refractivity contribution in [3.63, 3.8) is 0 Å². The first kappa shape index (κ1) is 23.9. The molecule has 34 heavy (non-hydrogen) atoms. The van der Waals surface area contributed by atoms with Gasteiger partial charge in [0.1, 0.15) is 29.8 Å². The first-order valence-electron chi connectivity index (χ1n) is 11.6. The minimum atomic E-state index is -0.983. The van der Waals surface area contributed by atoms with Gasteiger partial charge in [0.25, 0.3) is 0 Å². The number of aryl methyl sites for hydroxylation is 2. The van der Waals surface area contributed by atoms with Gasteiger partial charge in [-0.05, 0) is 37.8 Å². The van der Waals surface area contributed by atoms with E-state index in [4.69, 9.17) is 14.2 Å². The summed E-state index contributed by atoms with van der Waals surface area (Å²) in [5.41, 5.74) is 2.40. The summed E-state index contributed by atoms with van der Waals surface area (Å²) in [4.78, 5) is 29.8. The van der Waals surface area contributed by atoms with Crippen LogP contribution in [0.1, 0.15) is 43.5 Å². The molecule has 1 N–H and O–H groups in total. The number of amides is 1. The highest BCUT2D eigenvalue weighted by Crippen LogP contribution is 2.28. The molecule has 1 saturated carbocycles. The van der Waals surface area contributed by atoms with Crippen molar-refractivity contribution in [2.24, 2.45) is 13.0 Å². The minimum Gasteiger partial charge on any atom is -0.488 e. The van der Waals surface area contributed by atoms with E-state index in [-0.39, 0.29) is 25.2 Å². The first-order valence-corrected chi connectivity index (χ1v) is 11.6. The Bertz CT molecular complexity index is 1040. The molecule has 2 atom stereocenters. The normalized spacial score (nSPS) is 20.4. The SMILES string of the molecule is Cc1nc(-c2nnn(C)c2COC(=O)N(C)CC2CCC2)ccc1O[C@@H]1CCO[C@@H](C(=O)O)C1. The molecule has 0 aromatic carbocycles. The third-order valence-electron chi connectivity index (χ3n) is 6.43. The van der Waals surface area contributed by atoms with Crippen molar-refractivity contribution in [2.75, 3.05) is 20.2 Å². The predicted octanol–water partition coefficient (Wildman–Crippen LogP) is 2.57. The zero-order chi connectivity index (χ0) is 24.2. The molecule has 0 bridgehead atoms. The van der Waals surface area contributed by atoms with Crippen molar-refractivity contribution in [3.8, 4) is 17.1 Å². The van der Waals surface area contributed by atoms with Crippen LogP contribution in [-0.2, 0) is 27.9 Å². The maximum absolute atomic E-state index is 12.4. The summed E-state index contributed by atoms with van der Waals surface area (Å²) in [6.45, 7) is 2.89. The second-order valence-electron chi connectivity index (χ2n) is 8.98. The van der Waals surface area contributed by atoms with Gasteiger partial charge in [-0.15, -0.1) is 5.10 Å². The lowest BCUT2D eigenvalue weighted by Gasteiger charge is -2.29. The third-order valence-corrected chi connectivity index (χ3v) is 6.43. The number of carboxylic acids is 1. The quantitative estimate of drug-likeness (QED) is 0.615. The second-order valence-corrected chi connectivity index (χ2v) is 8.98. The number of nitrogens with zero attached hydrogens (tertiary/aromatic N) is 5. The van der Waals surface area contributed by atoms with Gasteiger partial charge in [0, 0.05) is 33.5 Å². The number of hydrogen-bond donors (Lipinski definition) is 1. The molecule has 2 aromatic rings. The van der Waals surface area contributed by atoms with Gasteiger partial charge in [-0.2, -0.15) is 0 Å². The van der Waals surface area contributed by atoms with Crippen molar-refractivity contribution < 1.29 is 28.9 Å². The Morgan fingerprint density at radius 3 is 2.76 bits per heavy atom. The molecule has 2 fully saturated rings. The fourth-order valence-corrected chi connectivity index (χ4v) is 4.14. The van der Waals surface area contributed by atoms with Crippen LogP contribution in [0.2, 0.25) is 0 Å². The van der Waals surface area contributed by atoms with E-state index in [0.29, 0.717) is 54.0 Å². The minimum absolute atomic E-state index is 0.0320. The Kier molecular flexibility index (Phi) is 7.30. The number of pyridine rings is 1. The number of aliphatic carboxylic acids is 1. The maximum Gasteiger partial charge on any atom is 0.409 e. The zero-order valence-corrected chi connectivity index (χ0v) is 19.8. The van der Waals surface area contributed by atoms with E-state index in [0.717, 1.165) is 12.8 Å². The van der Waals surface area contributed by atoms with E-state index >= 15 is 0 Å². The summed E-state index contributed by atoms with van der Waals surface area (Å²) in [6.07, 6.45) is 2.95. The smallest absolute Gasteiger partial charge is 0.409 e. The van der Waals surface area contributed by atoms with Crippen LogP contribution in [0, 0.1) is 12.8 Å². The average Bonchev–Trinajstić information content (AvgIpc) is 3.16. The summed E-state index contributed by atoms with van der Waals surface area (Å²) in [5, 5.41) is 17.5. The highest BCUT2D eigenvalue weighted by Gasteiger charge is 2.29. The van der Waals surface area contributed by atoms with Crippen LogP contribution in [0.25, 0.3) is 11.4 Å². The molecule has 184 valence electrons. The highest BCUT2D eigenvalue weighted by molar-refractivity contribution is 5.72. The van der Waals surface area contributed by atoms with Gasteiger partial charge >= 0.3 is 12.1 Å². The number of ether oxygens (including phenoxy) is 3. The highest BCUT2D eigenvalue weighted by atomic mass is 16.6. The first-order chi connectivity index (χ1) is 16.3. The Balaban J connectivity index is 1.41. The van der Waals surface area contributed by atoms with Gasteiger partial charge in [0.05, 0.1) is 18.0 Å². The van der Waals surface area contributed by atoms with Crippen LogP contribution in [0.15, 0.2) is 12.1 Å². The monoisotopic (exact) mass is 473 g/mol. The fraction of sp³-hybridized carbons (Fsp3) is 0.609. The number of carbonyl (C=O) groups excluding carboxylic acids is 1. The number of carbonyl (C=O) groups is 2. The predicted molar refractivity (Wildman–Crippen MR) is 120 cm³/mol. The average molecular weight is 474 g/mol. The summed E-state index contributed by atoms with van der Waals surface area (Å²) in [5.74, 6) is 0.161. The summed E-state index contributed by atoms with van der Waals surface area (Å²) in [7, 11) is 3.50. The van der Waals surface area contributed by atoms with Crippen molar-refractivity contribution >= 4 is 12.1 Å². The van der Waals surface area contributed by atoms with E-state index in [1.54, 1.807) is 35.8 Å². The van der Waals surface area contributed by atoms with Crippen LogP contribution in [0.5, 0.6) is 5.75 Å². The van der Waals surface area contributed by atoms with E-state index in [1.165, 1.54) is 6.42 Å². The van der Waals surface area contributed by atoms with Crippen LogP contribution >= 0.6 is 0 Å². The Morgan fingerprint density at radius 2 is 2.09 bits per heavy atom. The Hall–Kier alpha value is -3.21. The summed E-state index contributed by atoms with van der Waals surface area (Å²) < 4.78 is 18.4. The van der Waals surface area contributed by atoms with Crippen LogP contribution in [0.4, 0.5) is 4.79 Å². The molecular formula is C23H31N5O6. The molecule has 0 spiro atoms. The molecule has 1 aliphatic carbocycles. The Morgan fingerprint density at radius 1 is 1.29 bits per heavy atom. The molecular weight excluding hydrogens is 442 g/mol. The van der Waals surface area contributed by atoms with Crippen LogP contribution < -0.4 is 4.74 Å². The lowest BCUT2D eigenvalue weighted by molar-refractivity contribution is -0.156. The molecule has 1 saturated heterocycles. The fourth-order valence-electron chi connectivity index (χ4n) is 4.14. The molecule has 4 rings (SSSR count).